The molecule has 2 rings (SSSR count). The van der Waals surface area contributed by atoms with Crippen LogP contribution in [0.1, 0.15) is 10.4 Å². The lowest BCUT2D eigenvalue weighted by molar-refractivity contribution is 0.0914. The van der Waals surface area contributed by atoms with Gasteiger partial charge < -0.3 is 4.74 Å². The number of benzene rings is 2. The Morgan fingerprint density at radius 3 is 2.29 bits per heavy atom. The van der Waals surface area contributed by atoms with Gasteiger partial charge in [-0.2, -0.15) is 0 Å². The molecule has 2 aromatic rings. The summed E-state index contributed by atoms with van der Waals surface area (Å²) >= 11 is 2.89. The summed E-state index contributed by atoms with van der Waals surface area (Å²) in [6, 6.07) is 3.99. The molecule has 0 aliphatic rings. The lowest BCUT2D eigenvalue weighted by Crippen LogP contribution is -2.14. The molecular formula is C14H7BrF4O2. The maximum Gasteiger partial charge on any atom is 0.203 e. The van der Waals surface area contributed by atoms with Gasteiger partial charge in [0.2, 0.25) is 5.78 Å². The summed E-state index contributed by atoms with van der Waals surface area (Å²) in [7, 11) is 0. The van der Waals surface area contributed by atoms with E-state index in [0.29, 0.717) is 12.1 Å². The predicted octanol–water partition coefficient (Wildman–Crippen LogP) is 4.27. The van der Waals surface area contributed by atoms with Crippen LogP contribution in [0.25, 0.3) is 0 Å². The standard InChI is InChI=1S/C14H7BrF4O2/c15-10-3-8(17)5-12(19)14(10)21-6-13(20)9-2-1-7(16)4-11(9)18/h1-5H,6H2. The number of Topliss-reactive ketones (excluding diaryl/α,β-unsaturated/α-hetero) is 1. The third kappa shape index (κ3) is 3.60. The highest BCUT2D eigenvalue weighted by Crippen LogP contribution is 2.29. The first kappa shape index (κ1) is 15.5. The Morgan fingerprint density at radius 1 is 1.00 bits per heavy atom. The van der Waals surface area contributed by atoms with Crippen LogP contribution >= 0.6 is 15.9 Å². The molecule has 0 heterocycles. The molecule has 0 saturated heterocycles. The Labute approximate surface area is 125 Å². The molecular weight excluding hydrogens is 356 g/mol. The molecule has 0 aromatic heterocycles. The summed E-state index contributed by atoms with van der Waals surface area (Å²) in [5.74, 6) is -4.85. The maximum absolute atomic E-state index is 13.5. The first-order valence-corrected chi connectivity index (χ1v) is 6.43. The molecule has 0 unspecified atom stereocenters. The smallest absolute Gasteiger partial charge is 0.203 e. The average Bonchev–Trinajstić information content (AvgIpc) is 2.36. The van der Waals surface area contributed by atoms with E-state index in [-0.39, 0.29) is 15.8 Å². The van der Waals surface area contributed by atoms with E-state index in [2.05, 4.69) is 15.9 Å². The second-order valence-electron chi connectivity index (χ2n) is 4.03. The van der Waals surface area contributed by atoms with Crippen LogP contribution in [0.4, 0.5) is 17.6 Å². The minimum atomic E-state index is -1.04. The molecule has 0 aliphatic carbocycles. The van der Waals surface area contributed by atoms with Crippen LogP contribution in [0.15, 0.2) is 34.8 Å². The summed E-state index contributed by atoms with van der Waals surface area (Å²) < 4.78 is 57.4. The van der Waals surface area contributed by atoms with Crippen molar-refractivity contribution < 1.29 is 27.1 Å². The molecule has 0 fully saturated rings. The summed E-state index contributed by atoms with van der Waals surface area (Å²) in [5, 5.41) is 0. The highest BCUT2D eigenvalue weighted by atomic mass is 79.9. The fourth-order valence-electron chi connectivity index (χ4n) is 1.60. The molecule has 110 valence electrons. The number of carbonyl (C=O) groups is 1. The van der Waals surface area contributed by atoms with Gasteiger partial charge in [-0.25, -0.2) is 17.6 Å². The van der Waals surface area contributed by atoms with Crippen molar-refractivity contribution in [1.82, 2.24) is 0 Å². The quantitative estimate of drug-likeness (QED) is 0.599. The van der Waals surface area contributed by atoms with E-state index in [1.54, 1.807) is 0 Å². The van der Waals surface area contributed by atoms with Gasteiger partial charge in [0.25, 0.3) is 0 Å². The highest BCUT2D eigenvalue weighted by Gasteiger charge is 2.16. The number of halogens is 5. The van der Waals surface area contributed by atoms with E-state index in [1.165, 1.54) is 0 Å². The second kappa shape index (κ2) is 6.26. The second-order valence-corrected chi connectivity index (χ2v) is 4.89. The third-order valence-electron chi connectivity index (χ3n) is 2.54. The average molecular weight is 363 g/mol. The molecule has 0 atom stereocenters. The van der Waals surface area contributed by atoms with E-state index in [0.717, 1.165) is 18.2 Å². The molecule has 2 aromatic carbocycles. The number of ether oxygens (including phenoxy) is 1. The van der Waals surface area contributed by atoms with E-state index >= 15 is 0 Å². The summed E-state index contributed by atoms with van der Waals surface area (Å²) in [6.07, 6.45) is 0. The van der Waals surface area contributed by atoms with Gasteiger partial charge in [0.05, 0.1) is 10.0 Å². The lowest BCUT2D eigenvalue weighted by atomic mass is 10.1. The lowest BCUT2D eigenvalue weighted by Gasteiger charge is -2.09. The third-order valence-corrected chi connectivity index (χ3v) is 3.13. The van der Waals surface area contributed by atoms with Crippen molar-refractivity contribution >= 4 is 21.7 Å². The number of ketones is 1. The molecule has 0 aliphatic heterocycles. The van der Waals surface area contributed by atoms with Gasteiger partial charge in [0.1, 0.15) is 17.5 Å². The van der Waals surface area contributed by atoms with Gasteiger partial charge in [-0.1, -0.05) is 0 Å². The maximum atomic E-state index is 13.5. The van der Waals surface area contributed by atoms with Crippen molar-refractivity contribution in [2.45, 2.75) is 0 Å². The Bertz CT molecular complexity index is 680. The van der Waals surface area contributed by atoms with Crippen LogP contribution in [0.3, 0.4) is 0 Å². The zero-order valence-electron chi connectivity index (χ0n) is 10.3. The fourth-order valence-corrected chi connectivity index (χ4v) is 2.12. The van der Waals surface area contributed by atoms with Crippen molar-refractivity contribution in [2.24, 2.45) is 0 Å². The molecule has 0 spiro atoms. The number of hydrogen-bond donors (Lipinski definition) is 0. The molecule has 0 bridgehead atoms. The van der Waals surface area contributed by atoms with Gasteiger partial charge in [-0.3, -0.25) is 4.79 Å². The van der Waals surface area contributed by atoms with Crippen molar-refractivity contribution in [1.29, 1.82) is 0 Å². The predicted molar refractivity (Wildman–Crippen MR) is 70.2 cm³/mol. The topological polar surface area (TPSA) is 26.3 Å². The Balaban J connectivity index is 2.15. The number of rotatable bonds is 4. The molecule has 0 amide bonds. The van der Waals surface area contributed by atoms with Crippen molar-refractivity contribution in [3.05, 3.63) is 63.6 Å². The first-order chi connectivity index (χ1) is 9.88. The largest absolute Gasteiger partial charge is 0.481 e. The van der Waals surface area contributed by atoms with Crippen LogP contribution < -0.4 is 4.74 Å². The SMILES string of the molecule is O=C(COc1c(F)cc(F)cc1Br)c1ccc(F)cc1F. The van der Waals surface area contributed by atoms with Gasteiger partial charge >= 0.3 is 0 Å². The van der Waals surface area contributed by atoms with Crippen molar-refractivity contribution in [2.75, 3.05) is 6.61 Å². The van der Waals surface area contributed by atoms with Crippen LogP contribution in [-0.4, -0.2) is 12.4 Å². The van der Waals surface area contributed by atoms with Gasteiger partial charge in [-0.15, -0.1) is 0 Å². The van der Waals surface area contributed by atoms with Crippen LogP contribution in [0.2, 0.25) is 0 Å². The van der Waals surface area contributed by atoms with E-state index in [9.17, 15) is 22.4 Å². The molecule has 2 nitrogen and oxygen atoms in total. The first-order valence-electron chi connectivity index (χ1n) is 5.64. The van der Waals surface area contributed by atoms with Gasteiger partial charge in [0.15, 0.2) is 18.2 Å². The van der Waals surface area contributed by atoms with Gasteiger partial charge in [0, 0.05) is 12.1 Å². The summed E-state index contributed by atoms with van der Waals surface area (Å²) in [6.45, 7) is -0.677. The molecule has 0 radical (unpaired) electrons. The van der Waals surface area contributed by atoms with E-state index in [4.69, 9.17) is 4.74 Å². The van der Waals surface area contributed by atoms with E-state index in [1.807, 2.05) is 0 Å². The Morgan fingerprint density at radius 2 is 1.67 bits per heavy atom. The zero-order chi connectivity index (χ0) is 15.6. The fraction of sp³-hybridized carbons (Fsp3) is 0.0714. The number of carbonyl (C=O) groups excluding carboxylic acids is 1. The minimum Gasteiger partial charge on any atom is -0.481 e. The molecule has 0 saturated carbocycles. The number of hydrogen-bond acceptors (Lipinski definition) is 2. The molecule has 7 heteroatoms. The van der Waals surface area contributed by atoms with E-state index < -0.39 is 35.7 Å². The van der Waals surface area contributed by atoms with Crippen LogP contribution in [-0.2, 0) is 0 Å². The summed E-state index contributed by atoms with van der Waals surface area (Å²) in [5.41, 5.74) is -0.380. The Hall–Kier alpha value is -1.89. The highest BCUT2D eigenvalue weighted by molar-refractivity contribution is 9.10. The monoisotopic (exact) mass is 362 g/mol. The van der Waals surface area contributed by atoms with Gasteiger partial charge in [-0.05, 0) is 34.1 Å². The normalized spacial score (nSPS) is 10.5. The minimum absolute atomic E-state index is 0.0209. The molecule has 21 heavy (non-hydrogen) atoms. The summed E-state index contributed by atoms with van der Waals surface area (Å²) in [4.78, 5) is 11.7. The molecule has 0 N–H and O–H groups in total. The van der Waals surface area contributed by atoms with Crippen LogP contribution in [0.5, 0.6) is 5.75 Å². The Kier molecular flexibility index (Phi) is 4.62. The van der Waals surface area contributed by atoms with Crippen LogP contribution in [0, 0.1) is 23.3 Å². The van der Waals surface area contributed by atoms with Crippen molar-refractivity contribution in [3.63, 3.8) is 0 Å². The van der Waals surface area contributed by atoms with Crippen molar-refractivity contribution in [3.8, 4) is 5.75 Å². The zero-order valence-corrected chi connectivity index (χ0v) is 11.9.